The van der Waals surface area contributed by atoms with Crippen LogP contribution >= 0.6 is 23.2 Å². The first-order chi connectivity index (χ1) is 13.2. The van der Waals surface area contributed by atoms with Crippen LogP contribution in [0.5, 0.6) is 0 Å². The number of alkyl halides is 3. The van der Waals surface area contributed by atoms with Crippen molar-refractivity contribution in [1.29, 1.82) is 0 Å². The summed E-state index contributed by atoms with van der Waals surface area (Å²) in [6.07, 6.45) is -4.56. The van der Waals surface area contributed by atoms with Gasteiger partial charge in [0.15, 0.2) is 0 Å². The summed E-state index contributed by atoms with van der Waals surface area (Å²) in [5.74, 6) is -0.0152. The number of aryl methyl sites for hydroxylation is 1. The molecule has 0 aliphatic carbocycles. The second-order valence-electron chi connectivity index (χ2n) is 5.73. The van der Waals surface area contributed by atoms with Gasteiger partial charge in [-0.25, -0.2) is 0 Å². The fourth-order valence-corrected chi connectivity index (χ4v) is 2.82. The number of carbonyl (C=O) groups excluding carboxylic acids is 1. The second-order valence-corrected chi connectivity index (χ2v) is 6.55. The van der Waals surface area contributed by atoms with Crippen molar-refractivity contribution in [1.82, 2.24) is 10.1 Å². The molecule has 1 aromatic heterocycles. The molecule has 0 unspecified atom stereocenters. The van der Waals surface area contributed by atoms with E-state index in [1.54, 1.807) is 24.3 Å². The highest BCUT2D eigenvalue weighted by molar-refractivity contribution is 6.33. The Labute approximate surface area is 167 Å². The number of aromatic nitrogens is 2. The summed E-state index contributed by atoms with van der Waals surface area (Å²) in [7, 11) is 0. The van der Waals surface area contributed by atoms with E-state index in [-0.39, 0.29) is 30.2 Å². The Hall–Kier alpha value is -2.58. The van der Waals surface area contributed by atoms with Gasteiger partial charge in [0.1, 0.15) is 0 Å². The van der Waals surface area contributed by atoms with Gasteiger partial charge in [0, 0.05) is 24.1 Å². The first-order valence-corrected chi connectivity index (χ1v) is 8.73. The fourth-order valence-electron chi connectivity index (χ4n) is 2.37. The van der Waals surface area contributed by atoms with Crippen LogP contribution in [0, 0.1) is 0 Å². The van der Waals surface area contributed by atoms with Crippen LogP contribution in [-0.2, 0) is 17.4 Å². The van der Waals surface area contributed by atoms with Gasteiger partial charge in [0.25, 0.3) is 0 Å². The van der Waals surface area contributed by atoms with Crippen molar-refractivity contribution in [2.45, 2.75) is 19.0 Å². The van der Waals surface area contributed by atoms with Crippen LogP contribution in [0.4, 0.5) is 18.9 Å². The average molecular weight is 430 g/mol. The van der Waals surface area contributed by atoms with Gasteiger partial charge in [-0.15, -0.1) is 0 Å². The fraction of sp³-hybridized carbons (Fsp3) is 0.167. The van der Waals surface area contributed by atoms with Gasteiger partial charge in [-0.05, 0) is 30.3 Å². The van der Waals surface area contributed by atoms with Gasteiger partial charge in [0.2, 0.25) is 17.6 Å². The SMILES string of the molecule is O=C(CCc1nc(-c2ccccc2Cl)no1)Nc1ccc(Cl)c(C(F)(F)F)c1. The molecule has 0 spiro atoms. The molecule has 1 N–H and O–H groups in total. The maximum atomic E-state index is 12.9. The molecule has 146 valence electrons. The second kappa shape index (κ2) is 8.20. The first-order valence-electron chi connectivity index (χ1n) is 7.98. The molecule has 5 nitrogen and oxygen atoms in total. The van der Waals surface area contributed by atoms with Crippen molar-refractivity contribution < 1.29 is 22.5 Å². The molecule has 0 atom stereocenters. The number of hydrogen-bond donors (Lipinski definition) is 1. The van der Waals surface area contributed by atoms with Gasteiger partial charge in [-0.1, -0.05) is 40.5 Å². The molecule has 0 fully saturated rings. The number of nitrogens with one attached hydrogen (secondary N) is 1. The Balaban J connectivity index is 1.62. The molecule has 0 saturated carbocycles. The Bertz CT molecular complexity index is 1010. The lowest BCUT2D eigenvalue weighted by atomic mass is 10.2. The zero-order valence-electron chi connectivity index (χ0n) is 14.1. The monoisotopic (exact) mass is 429 g/mol. The maximum Gasteiger partial charge on any atom is 0.417 e. The molecule has 0 radical (unpaired) electrons. The number of benzene rings is 2. The molecular formula is C18H12Cl2F3N3O2. The average Bonchev–Trinajstić information content (AvgIpc) is 3.10. The Morgan fingerprint density at radius 3 is 2.57 bits per heavy atom. The topological polar surface area (TPSA) is 68.0 Å². The molecule has 2 aromatic carbocycles. The molecule has 0 bridgehead atoms. The number of rotatable bonds is 5. The van der Waals surface area contributed by atoms with E-state index in [4.69, 9.17) is 27.7 Å². The minimum Gasteiger partial charge on any atom is -0.339 e. The molecule has 10 heteroatoms. The van der Waals surface area contributed by atoms with E-state index in [1.165, 1.54) is 6.07 Å². The van der Waals surface area contributed by atoms with Gasteiger partial charge in [-0.2, -0.15) is 18.2 Å². The molecule has 3 rings (SSSR count). The molecule has 0 aliphatic heterocycles. The number of hydrogen-bond acceptors (Lipinski definition) is 4. The predicted octanol–water partition coefficient (Wildman–Crippen LogP) is 5.63. The number of carbonyl (C=O) groups is 1. The Morgan fingerprint density at radius 2 is 1.86 bits per heavy atom. The zero-order chi connectivity index (χ0) is 20.3. The van der Waals surface area contributed by atoms with Crippen LogP contribution < -0.4 is 5.32 Å². The van der Waals surface area contributed by atoms with Crippen LogP contribution in [0.1, 0.15) is 17.9 Å². The summed E-state index contributed by atoms with van der Waals surface area (Å²) in [6, 6.07) is 10.1. The lowest BCUT2D eigenvalue weighted by Crippen LogP contribution is -2.14. The molecule has 28 heavy (non-hydrogen) atoms. The summed E-state index contributed by atoms with van der Waals surface area (Å²) in [5.41, 5.74) is -0.443. The highest BCUT2D eigenvalue weighted by atomic mass is 35.5. The standard InChI is InChI=1S/C18H12Cl2F3N3O2/c19-13-4-2-1-3-11(13)17-25-16(28-26-17)8-7-15(27)24-10-5-6-14(20)12(9-10)18(21,22)23/h1-6,9H,7-8H2,(H,24,27). The van der Waals surface area contributed by atoms with E-state index >= 15 is 0 Å². The lowest BCUT2D eigenvalue weighted by Gasteiger charge is -2.11. The van der Waals surface area contributed by atoms with Gasteiger partial charge >= 0.3 is 6.18 Å². The van der Waals surface area contributed by atoms with Crippen molar-refractivity contribution >= 4 is 34.8 Å². The Morgan fingerprint density at radius 1 is 1.11 bits per heavy atom. The van der Waals surface area contributed by atoms with Crippen molar-refractivity contribution in [2.75, 3.05) is 5.32 Å². The quantitative estimate of drug-likeness (QED) is 0.570. The third-order valence-corrected chi connectivity index (χ3v) is 4.36. The molecule has 0 aliphatic rings. The van der Waals surface area contributed by atoms with E-state index in [2.05, 4.69) is 15.5 Å². The van der Waals surface area contributed by atoms with Crippen LogP contribution in [-0.4, -0.2) is 16.0 Å². The summed E-state index contributed by atoms with van der Waals surface area (Å²) < 4.78 is 43.7. The molecule has 1 heterocycles. The van der Waals surface area contributed by atoms with Gasteiger partial charge in [0.05, 0.1) is 15.6 Å². The molecule has 0 saturated heterocycles. The molecular weight excluding hydrogens is 418 g/mol. The van der Waals surface area contributed by atoms with Crippen molar-refractivity contribution in [3.63, 3.8) is 0 Å². The van der Waals surface area contributed by atoms with E-state index < -0.39 is 22.7 Å². The van der Waals surface area contributed by atoms with E-state index in [0.717, 1.165) is 12.1 Å². The Kier molecular flexibility index (Phi) is 5.90. The summed E-state index contributed by atoms with van der Waals surface area (Å²) >= 11 is 11.6. The minimum atomic E-state index is -4.61. The highest BCUT2D eigenvalue weighted by Crippen LogP contribution is 2.36. The summed E-state index contributed by atoms with van der Waals surface area (Å²) in [5, 5.41) is 6.22. The maximum absolute atomic E-state index is 12.9. The van der Waals surface area contributed by atoms with Crippen molar-refractivity contribution in [2.24, 2.45) is 0 Å². The normalized spacial score (nSPS) is 11.5. The van der Waals surface area contributed by atoms with E-state index in [0.29, 0.717) is 10.6 Å². The number of amides is 1. The largest absolute Gasteiger partial charge is 0.417 e. The third-order valence-electron chi connectivity index (χ3n) is 3.70. The van der Waals surface area contributed by atoms with Crippen LogP contribution in [0.2, 0.25) is 10.0 Å². The van der Waals surface area contributed by atoms with Crippen LogP contribution in [0.25, 0.3) is 11.4 Å². The molecule has 3 aromatic rings. The minimum absolute atomic E-state index is 0.0102. The number of anilines is 1. The van der Waals surface area contributed by atoms with E-state index in [1.807, 2.05) is 0 Å². The number of halogens is 5. The van der Waals surface area contributed by atoms with Gasteiger partial charge < -0.3 is 9.84 Å². The van der Waals surface area contributed by atoms with Crippen molar-refractivity contribution in [3.05, 3.63) is 64.0 Å². The smallest absolute Gasteiger partial charge is 0.339 e. The lowest BCUT2D eigenvalue weighted by molar-refractivity contribution is -0.137. The predicted molar refractivity (Wildman–Crippen MR) is 98.1 cm³/mol. The van der Waals surface area contributed by atoms with E-state index in [9.17, 15) is 18.0 Å². The highest BCUT2D eigenvalue weighted by Gasteiger charge is 2.33. The zero-order valence-corrected chi connectivity index (χ0v) is 15.6. The molecule has 1 amide bonds. The summed E-state index contributed by atoms with van der Waals surface area (Å²) in [4.78, 5) is 16.2. The van der Waals surface area contributed by atoms with Crippen LogP contribution in [0.3, 0.4) is 0 Å². The third kappa shape index (κ3) is 4.82. The van der Waals surface area contributed by atoms with Crippen LogP contribution in [0.15, 0.2) is 47.0 Å². The van der Waals surface area contributed by atoms with Crippen molar-refractivity contribution in [3.8, 4) is 11.4 Å². The number of nitrogens with zero attached hydrogens (tertiary/aromatic N) is 2. The first kappa shape index (κ1) is 20.2. The van der Waals surface area contributed by atoms with Gasteiger partial charge in [-0.3, -0.25) is 4.79 Å². The summed E-state index contributed by atoms with van der Waals surface area (Å²) in [6.45, 7) is 0.